The number of aryl methyl sites for hydroxylation is 1. The molecule has 0 aliphatic carbocycles. The van der Waals surface area contributed by atoms with Crippen LogP contribution < -0.4 is 0 Å². The molecule has 0 amide bonds. The lowest BCUT2D eigenvalue weighted by Gasteiger charge is -2.12. The largest absolute Gasteiger partial charge is 0.276 e. The number of hydrogen-bond donors (Lipinski definition) is 0. The van der Waals surface area contributed by atoms with Gasteiger partial charge in [0.2, 0.25) is 0 Å². The Morgan fingerprint density at radius 3 is 2.33 bits per heavy atom. The van der Waals surface area contributed by atoms with E-state index in [4.69, 9.17) is 11.6 Å². The molecule has 3 nitrogen and oxygen atoms in total. The van der Waals surface area contributed by atoms with Gasteiger partial charge in [-0.3, -0.25) is 4.79 Å². The van der Waals surface area contributed by atoms with Crippen molar-refractivity contribution in [2.24, 2.45) is 0 Å². The highest BCUT2D eigenvalue weighted by atomic mass is 35.5. The highest BCUT2D eigenvalue weighted by molar-refractivity contribution is 7.90. The molecule has 0 aromatic heterocycles. The van der Waals surface area contributed by atoms with Crippen molar-refractivity contribution in [2.75, 3.05) is 6.26 Å². The van der Waals surface area contributed by atoms with Crippen LogP contribution in [0.2, 0.25) is 0 Å². The Morgan fingerprint density at radius 2 is 1.86 bits per heavy atom. The van der Waals surface area contributed by atoms with Crippen LogP contribution in [0.1, 0.15) is 48.2 Å². The van der Waals surface area contributed by atoms with E-state index in [1.165, 1.54) is 6.07 Å². The first kappa shape index (κ1) is 17.9. The van der Waals surface area contributed by atoms with E-state index in [-0.39, 0.29) is 10.5 Å². The Morgan fingerprint density at radius 1 is 1.19 bits per heavy atom. The highest BCUT2D eigenvalue weighted by Crippen LogP contribution is 2.24. The maximum atomic E-state index is 11.9. The molecule has 0 aliphatic rings. The summed E-state index contributed by atoms with van der Waals surface area (Å²) >= 11 is 5.56. The van der Waals surface area contributed by atoms with Gasteiger partial charge in [-0.25, -0.2) is 8.42 Å². The molecule has 0 aliphatic heterocycles. The third kappa shape index (κ3) is 4.97. The van der Waals surface area contributed by atoms with Gasteiger partial charge in [0.25, 0.3) is 5.24 Å². The molecule has 116 valence electrons. The van der Waals surface area contributed by atoms with E-state index in [0.29, 0.717) is 18.4 Å². The fourth-order valence-electron chi connectivity index (χ4n) is 2.15. The number of unbranched alkanes of at least 4 members (excludes halogenated alkanes) is 1. The van der Waals surface area contributed by atoms with E-state index in [1.54, 1.807) is 6.07 Å². The molecule has 1 rings (SSSR count). The first-order valence-corrected chi connectivity index (χ1v) is 9.28. The molecule has 21 heavy (non-hydrogen) atoms. The number of allylic oxidation sites excluding steroid dienone is 2. The van der Waals surface area contributed by atoms with Gasteiger partial charge in [0.1, 0.15) is 0 Å². The minimum absolute atomic E-state index is 0.185. The molecular formula is C16H21ClO3S. The second kappa shape index (κ2) is 7.76. The van der Waals surface area contributed by atoms with Crippen LogP contribution >= 0.6 is 11.6 Å². The Bertz CT molecular complexity index is 646. The van der Waals surface area contributed by atoms with Crippen LogP contribution in [-0.4, -0.2) is 19.9 Å². The molecule has 0 N–H and O–H groups in total. The minimum atomic E-state index is -3.40. The SMILES string of the molecule is CCCC=CCc1cc(CC)c(C(=O)Cl)cc1S(C)(=O)=O. The van der Waals surface area contributed by atoms with E-state index in [9.17, 15) is 13.2 Å². The molecule has 0 atom stereocenters. The molecule has 0 saturated heterocycles. The van der Waals surface area contributed by atoms with Gasteiger partial charge in [-0.05, 0) is 48.1 Å². The van der Waals surface area contributed by atoms with E-state index < -0.39 is 15.1 Å². The van der Waals surface area contributed by atoms with Gasteiger partial charge in [0.05, 0.1) is 4.90 Å². The number of benzene rings is 1. The van der Waals surface area contributed by atoms with Gasteiger partial charge < -0.3 is 0 Å². The summed E-state index contributed by atoms with van der Waals surface area (Å²) in [5, 5.41) is -0.621. The summed E-state index contributed by atoms with van der Waals surface area (Å²) in [5.41, 5.74) is 1.77. The van der Waals surface area contributed by atoms with Gasteiger partial charge in [-0.1, -0.05) is 38.5 Å². The fourth-order valence-corrected chi connectivity index (χ4v) is 3.28. The van der Waals surface area contributed by atoms with Crippen molar-refractivity contribution in [3.63, 3.8) is 0 Å². The summed E-state index contributed by atoms with van der Waals surface area (Å²) in [5.74, 6) is 0. The molecule has 0 heterocycles. The molecule has 1 aromatic carbocycles. The van der Waals surface area contributed by atoms with E-state index in [1.807, 2.05) is 19.1 Å². The summed E-state index contributed by atoms with van der Waals surface area (Å²) < 4.78 is 23.9. The quantitative estimate of drug-likeness (QED) is 0.563. The third-order valence-corrected chi connectivity index (χ3v) is 4.62. The molecule has 0 spiro atoms. The summed E-state index contributed by atoms with van der Waals surface area (Å²) in [4.78, 5) is 11.7. The van der Waals surface area contributed by atoms with Crippen molar-refractivity contribution in [3.8, 4) is 0 Å². The maximum Gasteiger partial charge on any atom is 0.252 e. The lowest BCUT2D eigenvalue weighted by molar-refractivity contribution is 0.108. The van der Waals surface area contributed by atoms with Crippen LogP contribution in [0.3, 0.4) is 0 Å². The standard InChI is InChI=1S/C16H21ClO3S/c1-4-6-7-8-9-13-10-12(5-2)14(16(17)18)11-15(13)21(3,19)20/h7-8,10-11H,4-6,9H2,1-3H3. The zero-order valence-corrected chi connectivity index (χ0v) is 14.2. The van der Waals surface area contributed by atoms with E-state index in [2.05, 4.69) is 6.92 Å². The fraction of sp³-hybridized carbons (Fsp3) is 0.438. The van der Waals surface area contributed by atoms with Gasteiger partial charge >= 0.3 is 0 Å². The van der Waals surface area contributed by atoms with Crippen LogP contribution in [0.4, 0.5) is 0 Å². The van der Waals surface area contributed by atoms with Crippen molar-refractivity contribution in [2.45, 2.75) is 44.4 Å². The van der Waals surface area contributed by atoms with Gasteiger partial charge in [-0.15, -0.1) is 0 Å². The zero-order chi connectivity index (χ0) is 16.0. The first-order chi connectivity index (χ1) is 9.81. The number of carbonyl (C=O) groups is 1. The van der Waals surface area contributed by atoms with Gasteiger partial charge in [0.15, 0.2) is 9.84 Å². The molecule has 0 bridgehead atoms. The van der Waals surface area contributed by atoms with Crippen molar-refractivity contribution < 1.29 is 13.2 Å². The second-order valence-electron chi connectivity index (χ2n) is 4.98. The molecule has 1 aromatic rings. The minimum Gasteiger partial charge on any atom is -0.276 e. The average Bonchev–Trinajstić information content (AvgIpc) is 2.41. The Kier molecular flexibility index (Phi) is 6.62. The van der Waals surface area contributed by atoms with E-state index >= 15 is 0 Å². The molecule has 5 heteroatoms. The Balaban J connectivity index is 3.36. The molecular weight excluding hydrogens is 308 g/mol. The zero-order valence-electron chi connectivity index (χ0n) is 12.6. The molecule has 0 radical (unpaired) electrons. The lowest BCUT2D eigenvalue weighted by atomic mass is 10.0. The number of rotatable bonds is 7. The number of carbonyl (C=O) groups excluding carboxylic acids is 1. The Hall–Kier alpha value is -1.13. The predicted molar refractivity (Wildman–Crippen MR) is 86.9 cm³/mol. The van der Waals surface area contributed by atoms with Crippen molar-refractivity contribution in [1.29, 1.82) is 0 Å². The number of halogens is 1. The van der Waals surface area contributed by atoms with Crippen molar-refractivity contribution >= 4 is 26.7 Å². The molecule has 0 saturated carbocycles. The normalized spacial score (nSPS) is 12.0. The summed E-state index contributed by atoms with van der Waals surface area (Å²) in [6.07, 6.45) is 8.33. The van der Waals surface area contributed by atoms with Gasteiger partial charge in [0, 0.05) is 11.8 Å². The summed E-state index contributed by atoms with van der Waals surface area (Å²) in [6.45, 7) is 4.00. The molecule has 0 fully saturated rings. The van der Waals surface area contributed by atoms with Crippen LogP contribution in [0.15, 0.2) is 29.2 Å². The smallest absolute Gasteiger partial charge is 0.252 e. The topological polar surface area (TPSA) is 51.2 Å². The average molecular weight is 329 g/mol. The maximum absolute atomic E-state index is 11.9. The van der Waals surface area contributed by atoms with E-state index in [0.717, 1.165) is 24.7 Å². The monoisotopic (exact) mass is 328 g/mol. The summed E-state index contributed by atoms with van der Waals surface area (Å²) in [7, 11) is -3.40. The highest BCUT2D eigenvalue weighted by Gasteiger charge is 2.18. The first-order valence-electron chi connectivity index (χ1n) is 7.01. The number of hydrogen-bond acceptors (Lipinski definition) is 3. The van der Waals surface area contributed by atoms with Crippen LogP contribution in [0, 0.1) is 0 Å². The van der Waals surface area contributed by atoms with Crippen molar-refractivity contribution in [1.82, 2.24) is 0 Å². The van der Waals surface area contributed by atoms with Gasteiger partial charge in [-0.2, -0.15) is 0 Å². The van der Waals surface area contributed by atoms with Crippen LogP contribution in [0.25, 0.3) is 0 Å². The number of sulfone groups is 1. The predicted octanol–water partition coefficient (Wildman–Crippen LogP) is 3.93. The summed E-state index contributed by atoms with van der Waals surface area (Å²) in [6, 6.07) is 3.19. The molecule has 0 unspecified atom stereocenters. The Labute approximate surface area is 131 Å². The second-order valence-corrected chi connectivity index (χ2v) is 7.31. The van der Waals surface area contributed by atoms with Crippen LogP contribution in [0.5, 0.6) is 0 Å². The van der Waals surface area contributed by atoms with Crippen LogP contribution in [-0.2, 0) is 22.7 Å². The lowest BCUT2D eigenvalue weighted by Crippen LogP contribution is -2.07. The third-order valence-electron chi connectivity index (χ3n) is 3.24. The van der Waals surface area contributed by atoms with Crippen molar-refractivity contribution in [3.05, 3.63) is 41.0 Å².